The Balaban J connectivity index is 3.60. The van der Waals surface area contributed by atoms with E-state index in [0.29, 0.717) is 0 Å². The van der Waals surface area contributed by atoms with E-state index in [4.69, 9.17) is 17.1 Å². The van der Waals surface area contributed by atoms with Gasteiger partial charge in [-0.1, -0.05) is 0 Å². The van der Waals surface area contributed by atoms with Crippen LogP contribution in [0.5, 0.6) is 0 Å². The summed E-state index contributed by atoms with van der Waals surface area (Å²) in [5.41, 5.74) is -1.19. The Morgan fingerprint density at radius 3 is 2.93 bits per heavy atom. The molecule has 1 heterocycles. The van der Waals surface area contributed by atoms with E-state index in [1.807, 2.05) is 0 Å². The number of hydrogen-bond donors (Lipinski definition) is 1. The average molecular weight is 210 g/mol. The highest BCUT2D eigenvalue weighted by atomic mass is 16.6. The number of piperidine rings is 1. The lowest BCUT2D eigenvalue weighted by Crippen LogP contribution is -2.44. The average Bonchev–Trinajstić information content (AvgIpc) is 2.22. The summed E-state index contributed by atoms with van der Waals surface area (Å²) in [6.07, 6.45) is -12.7. The fourth-order valence-electron chi connectivity index (χ4n) is 0.704. The zero-order valence-electron chi connectivity index (χ0n) is 17.2. The lowest BCUT2D eigenvalue weighted by molar-refractivity contribution is 0.00391. The first-order valence-electron chi connectivity index (χ1n) is 8.51. The van der Waals surface area contributed by atoms with Crippen LogP contribution in [0.3, 0.4) is 0 Å². The Hall–Kier alpha value is -0.770. The van der Waals surface area contributed by atoms with Crippen molar-refractivity contribution in [3.63, 3.8) is 0 Å². The molecule has 1 aliphatic rings. The molecule has 0 spiro atoms. The molecule has 1 rings (SSSR count). The third kappa shape index (κ3) is 3.54. The molecule has 0 aromatic rings. The number of ether oxygens (including phenoxy) is 1. The van der Waals surface area contributed by atoms with Crippen molar-refractivity contribution in [3.8, 4) is 0 Å². The summed E-state index contributed by atoms with van der Waals surface area (Å²) in [6, 6.07) is 0. The highest BCUT2D eigenvalue weighted by Gasteiger charge is 2.26. The van der Waals surface area contributed by atoms with Crippen LogP contribution < -0.4 is 0 Å². The van der Waals surface area contributed by atoms with E-state index in [9.17, 15) is 9.90 Å². The molecule has 0 radical (unpaired) electrons. The number of β-amino-alcohol motifs (C(OH)–C–C–N with tert-alkyl or cyclic N) is 1. The maximum atomic E-state index is 12.2. The van der Waals surface area contributed by atoms with Gasteiger partial charge >= 0.3 is 6.09 Å². The van der Waals surface area contributed by atoms with E-state index in [2.05, 4.69) is 0 Å². The lowest BCUT2D eigenvalue weighted by Gasteiger charge is -2.32. The van der Waals surface area contributed by atoms with Gasteiger partial charge in [0.15, 0.2) is 0 Å². The van der Waals surface area contributed by atoms with Gasteiger partial charge in [0.05, 0.1) is 10.2 Å². The highest BCUT2D eigenvalue weighted by molar-refractivity contribution is 5.68. The third-order valence-corrected chi connectivity index (χ3v) is 1.14. The Morgan fingerprint density at radius 2 is 2.36 bits per heavy atom. The van der Waals surface area contributed by atoms with Gasteiger partial charge in [-0.15, -0.1) is 0 Å². The molecule has 4 nitrogen and oxygen atoms in total. The molecule has 0 saturated carbocycles. The minimum absolute atomic E-state index is 0.389. The molecule has 4 heteroatoms. The molecule has 1 fully saturated rings. The van der Waals surface area contributed by atoms with Crippen molar-refractivity contribution >= 4 is 6.09 Å². The fourth-order valence-corrected chi connectivity index (χ4v) is 0.704. The molecule has 82 valence electrons. The predicted octanol–water partition coefficient (Wildman–Crippen LogP) is 1.38. The fraction of sp³-hybridized carbons (Fsp3) is 0.900. The number of rotatable bonds is 0. The number of aliphatic hydroxyl groups is 1. The first kappa shape index (κ1) is 4.00. The maximum absolute atomic E-state index is 12.2. The summed E-state index contributed by atoms with van der Waals surface area (Å²) >= 11 is 0. The standard InChI is InChI=1S/C10H19NO3/c1-10(2,3)14-9(13)11-6-4-5-8(12)7-11/h8,12H,4-7H2,1-3H3/t8-/m0/s1/i4D2,5D2,6D2,7D2,8D. The van der Waals surface area contributed by atoms with Crippen LogP contribution in [-0.4, -0.2) is 40.8 Å². The molecule has 1 aliphatic heterocycles. The van der Waals surface area contributed by atoms with E-state index >= 15 is 0 Å². The van der Waals surface area contributed by atoms with Gasteiger partial charge in [0.2, 0.25) is 0 Å². The van der Waals surface area contributed by atoms with Crippen molar-refractivity contribution in [2.24, 2.45) is 0 Å². The molecular formula is C10H19NO3. The molecule has 0 unspecified atom stereocenters. The van der Waals surface area contributed by atoms with Gasteiger partial charge in [0.1, 0.15) is 5.60 Å². The summed E-state index contributed by atoms with van der Waals surface area (Å²) in [5, 5.41) is 9.98. The second-order valence-electron chi connectivity index (χ2n) is 3.64. The summed E-state index contributed by atoms with van der Waals surface area (Å²) in [7, 11) is 0. The third-order valence-electron chi connectivity index (χ3n) is 1.14. The highest BCUT2D eigenvalue weighted by Crippen LogP contribution is 2.14. The summed E-state index contributed by atoms with van der Waals surface area (Å²) in [4.78, 5) is 11.8. The number of amides is 1. The van der Waals surface area contributed by atoms with Gasteiger partial charge in [-0.2, -0.15) is 0 Å². The second-order valence-corrected chi connectivity index (χ2v) is 3.64. The first-order chi connectivity index (χ1) is 9.75. The molecule has 0 aromatic carbocycles. The van der Waals surface area contributed by atoms with Crippen LogP contribution in [0.15, 0.2) is 0 Å². The van der Waals surface area contributed by atoms with Gasteiger partial charge in [0, 0.05) is 21.2 Å². The Bertz CT molecular complexity index is 482. The molecule has 1 atom stereocenters. The van der Waals surface area contributed by atoms with E-state index in [1.54, 1.807) is 0 Å². The Morgan fingerprint density at radius 1 is 1.71 bits per heavy atom. The predicted molar refractivity (Wildman–Crippen MR) is 53.0 cm³/mol. The monoisotopic (exact) mass is 210 g/mol. The molecule has 1 amide bonds. The second kappa shape index (κ2) is 4.17. The first-order valence-corrected chi connectivity index (χ1v) is 4.01. The van der Waals surface area contributed by atoms with Crippen molar-refractivity contribution in [2.75, 3.05) is 13.0 Å². The zero-order chi connectivity index (χ0) is 18.9. The van der Waals surface area contributed by atoms with Gasteiger partial charge in [-0.05, 0) is 33.5 Å². The van der Waals surface area contributed by atoms with Crippen LogP contribution in [0.25, 0.3) is 0 Å². The van der Waals surface area contributed by atoms with Crippen molar-refractivity contribution < 1.29 is 27.0 Å². The van der Waals surface area contributed by atoms with Crippen LogP contribution in [0.1, 0.15) is 45.9 Å². The van der Waals surface area contributed by atoms with Gasteiger partial charge < -0.3 is 14.7 Å². The lowest BCUT2D eigenvalue weighted by atomic mass is 10.1. The van der Waals surface area contributed by atoms with E-state index < -0.39 is 43.5 Å². The number of carbonyl (C=O) groups is 1. The minimum Gasteiger partial charge on any atom is -0.444 e. The number of likely N-dealkylation sites (tertiary alicyclic amines) is 1. The van der Waals surface area contributed by atoms with Crippen molar-refractivity contribution in [1.29, 1.82) is 0 Å². The molecule has 0 aliphatic carbocycles. The van der Waals surface area contributed by atoms with E-state index in [1.165, 1.54) is 20.8 Å². The molecule has 14 heavy (non-hydrogen) atoms. The van der Waals surface area contributed by atoms with Crippen molar-refractivity contribution in [3.05, 3.63) is 0 Å². The maximum Gasteiger partial charge on any atom is 0.410 e. The molecule has 0 aromatic heterocycles. The van der Waals surface area contributed by atoms with E-state index in [-0.39, 0.29) is 4.90 Å². The molecule has 1 saturated heterocycles. The van der Waals surface area contributed by atoms with Crippen LogP contribution in [0.4, 0.5) is 4.79 Å². The molecule has 0 bridgehead atoms. The normalized spacial score (nSPS) is 52.6. The quantitative estimate of drug-likeness (QED) is 0.657. The van der Waals surface area contributed by atoms with Crippen LogP contribution >= 0.6 is 0 Å². The number of nitrogens with zero attached hydrogens (tertiary/aromatic N) is 1. The van der Waals surface area contributed by atoms with Crippen LogP contribution in [-0.2, 0) is 4.74 Å². The Labute approximate surface area is 97.5 Å². The largest absolute Gasteiger partial charge is 0.444 e. The molecular weight excluding hydrogens is 182 g/mol. The van der Waals surface area contributed by atoms with Crippen LogP contribution in [0, 0.1) is 0 Å². The van der Waals surface area contributed by atoms with Gasteiger partial charge in [0.25, 0.3) is 0 Å². The van der Waals surface area contributed by atoms with Crippen molar-refractivity contribution in [1.82, 2.24) is 4.90 Å². The summed E-state index contributed by atoms with van der Waals surface area (Å²) in [6.45, 7) is -2.92. The zero-order valence-corrected chi connectivity index (χ0v) is 8.21. The van der Waals surface area contributed by atoms with Gasteiger partial charge in [-0.3, -0.25) is 0 Å². The number of carbonyl (C=O) groups excluding carboxylic acids is 1. The van der Waals surface area contributed by atoms with Crippen molar-refractivity contribution in [2.45, 2.75) is 45.2 Å². The minimum atomic E-state index is -3.79. The van der Waals surface area contributed by atoms with Gasteiger partial charge in [-0.25, -0.2) is 4.79 Å². The SMILES string of the molecule is [2H]C1([2H])N(C(=O)OC(C)(C)C)C([2H])([2H])[C@@]([2H])(O)C([2H])([2H])C1([2H])[2H]. The van der Waals surface area contributed by atoms with E-state index in [0.717, 1.165) is 0 Å². The topological polar surface area (TPSA) is 49.8 Å². The Kier molecular flexibility index (Phi) is 1.19. The molecule has 1 N–H and O–H groups in total. The smallest absolute Gasteiger partial charge is 0.410 e. The van der Waals surface area contributed by atoms with Crippen LogP contribution in [0.2, 0.25) is 0 Å². The summed E-state index contributed by atoms with van der Waals surface area (Å²) in [5.74, 6) is 0. The number of hydrogen-bond acceptors (Lipinski definition) is 3. The summed E-state index contributed by atoms with van der Waals surface area (Å²) < 4.78 is 73.7.